The van der Waals surface area contributed by atoms with Crippen LogP contribution >= 0.6 is 11.6 Å². The van der Waals surface area contributed by atoms with Crippen molar-refractivity contribution in [1.29, 1.82) is 0 Å². The van der Waals surface area contributed by atoms with Gasteiger partial charge in [0.25, 0.3) is 0 Å². The number of halogens is 1. The van der Waals surface area contributed by atoms with Gasteiger partial charge in [-0.15, -0.1) is 0 Å². The molecule has 0 atom stereocenters. The lowest BCUT2D eigenvalue weighted by molar-refractivity contribution is 0.0570. The van der Waals surface area contributed by atoms with E-state index in [4.69, 9.17) is 22.1 Å². The molecule has 2 rings (SSSR count). The van der Waals surface area contributed by atoms with Gasteiger partial charge in [-0.2, -0.15) is 0 Å². The molecule has 1 amide bonds. The summed E-state index contributed by atoms with van der Waals surface area (Å²) in [6, 6.07) is 7.52. The second kappa shape index (κ2) is 7.92. The summed E-state index contributed by atoms with van der Waals surface area (Å²) in [7, 11) is 0. The van der Waals surface area contributed by atoms with Gasteiger partial charge in [-0.3, -0.25) is 0 Å². The van der Waals surface area contributed by atoms with Gasteiger partial charge in [0.05, 0.1) is 0 Å². The van der Waals surface area contributed by atoms with Crippen molar-refractivity contribution in [3.05, 3.63) is 34.9 Å². The van der Waals surface area contributed by atoms with E-state index in [1.54, 1.807) is 0 Å². The molecule has 0 saturated carbocycles. The fourth-order valence-corrected chi connectivity index (χ4v) is 2.45. The monoisotopic (exact) mass is 306 g/mol. The zero-order chi connectivity index (χ0) is 15.1. The smallest absolute Gasteiger partial charge is 0.404 e. The molecule has 21 heavy (non-hydrogen) atoms. The minimum Gasteiger partial charge on any atom is -0.446 e. The van der Waals surface area contributed by atoms with Crippen LogP contribution in [0.15, 0.2) is 24.3 Å². The molecule has 112 valence electrons. The zero-order valence-electron chi connectivity index (χ0n) is 11.8. The summed E-state index contributed by atoms with van der Waals surface area (Å²) in [5, 5.41) is 0.724. The molecular formula is C16H19ClN2O2. The molecule has 0 aromatic heterocycles. The molecule has 1 aliphatic rings. The number of primary amides is 1. The van der Waals surface area contributed by atoms with Crippen molar-refractivity contribution >= 4 is 17.7 Å². The highest BCUT2D eigenvalue weighted by molar-refractivity contribution is 6.30. The quantitative estimate of drug-likeness (QED) is 0.873. The average molecular weight is 307 g/mol. The van der Waals surface area contributed by atoms with Crippen molar-refractivity contribution in [2.75, 3.05) is 19.6 Å². The van der Waals surface area contributed by atoms with Crippen molar-refractivity contribution in [3.8, 4) is 11.8 Å². The first kappa shape index (κ1) is 15.7. The summed E-state index contributed by atoms with van der Waals surface area (Å²) in [5.74, 6) is 6.30. The van der Waals surface area contributed by atoms with Crippen LogP contribution in [0.25, 0.3) is 0 Å². The van der Waals surface area contributed by atoms with Crippen molar-refractivity contribution in [1.82, 2.24) is 4.90 Å². The van der Waals surface area contributed by atoms with Crippen LogP contribution in [0.3, 0.4) is 0 Å². The highest BCUT2D eigenvalue weighted by Gasteiger charge is 2.20. The fourth-order valence-electron chi connectivity index (χ4n) is 2.33. The molecule has 1 heterocycles. The van der Waals surface area contributed by atoms with E-state index in [1.165, 1.54) is 0 Å². The number of rotatable bonds is 3. The maximum absolute atomic E-state index is 10.7. The number of nitrogens with zero attached hydrogens (tertiary/aromatic N) is 1. The molecule has 0 radical (unpaired) electrons. The predicted molar refractivity (Wildman–Crippen MR) is 83.1 cm³/mol. The first-order valence-electron chi connectivity index (χ1n) is 7.06. The molecule has 1 aliphatic heterocycles. The third kappa shape index (κ3) is 5.66. The normalized spacial score (nSPS) is 16.0. The molecular weight excluding hydrogens is 288 g/mol. The van der Waals surface area contributed by atoms with Crippen molar-refractivity contribution in [2.45, 2.75) is 25.4 Å². The van der Waals surface area contributed by atoms with E-state index in [1.807, 2.05) is 24.3 Å². The lowest BCUT2D eigenvalue weighted by atomic mass is 10.1. The van der Waals surface area contributed by atoms with E-state index in [-0.39, 0.29) is 6.10 Å². The Kier molecular flexibility index (Phi) is 5.91. The fraction of sp³-hybridized carbons (Fsp3) is 0.438. The minimum atomic E-state index is -0.678. The summed E-state index contributed by atoms with van der Waals surface area (Å²) < 4.78 is 5.01. The SMILES string of the molecule is NC(=O)OC1CCN(CCC#Cc2ccc(Cl)cc2)CC1. The van der Waals surface area contributed by atoms with Crippen LogP contribution in [0.2, 0.25) is 5.02 Å². The van der Waals surface area contributed by atoms with Gasteiger partial charge >= 0.3 is 6.09 Å². The summed E-state index contributed by atoms with van der Waals surface area (Å²) in [5.41, 5.74) is 6.00. The van der Waals surface area contributed by atoms with Crippen LogP contribution < -0.4 is 5.73 Å². The molecule has 0 spiro atoms. The van der Waals surface area contributed by atoms with E-state index >= 15 is 0 Å². The largest absolute Gasteiger partial charge is 0.446 e. The molecule has 0 bridgehead atoms. The van der Waals surface area contributed by atoms with Gasteiger partial charge < -0.3 is 15.4 Å². The van der Waals surface area contributed by atoms with Crippen LogP contribution in [0.5, 0.6) is 0 Å². The molecule has 4 nitrogen and oxygen atoms in total. The Balaban J connectivity index is 1.68. The number of hydrogen-bond donors (Lipinski definition) is 1. The Morgan fingerprint density at radius 1 is 1.33 bits per heavy atom. The van der Waals surface area contributed by atoms with E-state index < -0.39 is 6.09 Å². The van der Waals surface area contributed by atoms with Crippen molar-refractivity contribution < 1.29 is 9.53 Å². The first-order chi connectivity index (χ1) is 10.1. The van der Waals surface area contributed by atoms with E-state index in [9.17, 15) is 4.79 Å². The van der Waals surface area contributed by atoms with Gasteiger partial charge in [0.2, 0.25) is 0 Å². The van der Waals surface area contributed by atoms with Crippen LogP contribution in [0, 0.1) is 11.8 Å². The Morgan fingerprint density at radius 3 is 2.62 bits per heavy atom. The topological polar surface area (TPSA) is 55.6 Å². The van der Waals surface area contributed by atoms with Gasteiger partial charge in [-0.05, 0) is 37.1 Å². The number of piperidine rings is 1. The molecule has 2 N–H and O–H groups in total. The number of likely N-dealkylation sites (tertiary alicyclic amines) is 1. The van der Waals surface area contributed by atoms with Crippen LogP contribution in [0.1, 0.15) is 24.8 Å². The number of carbonyl (C=O) groups is 1. The molecule has 1 aromatic rings. The van der Waals surface area contributed by atoms with Crippen molar-refractivity contribution in [2.24, 2.45) is 5.73 Å². The highest BCUT2D eigenvalue weighted by Crippen LogP contribution is 2.13. The predicted octanol–water partition coefficient (Wildman–Crippen LogP) is 2.64. The molecule has 0 unspecified atom stereocenters. The number of hydrogen-bond acceptors (Lipinski definition) is 3. The lowest BCUT2D eigenvalue weighted by Gasteiger charge is -2.30. The average Bonchev–Trinajstić information content (AvgIpc) is 2.46. The summed E-state index contributed by atoms with van der Waals surface area (Å²) in [6.07, 6.45) is 1.80. The number of nitrogens with two attached hydrogens (primary N) is 1. The maximum Gasteiger partial charge on any atom is 0.404 e. The Labute approximate surface area is 130 Å². The number of ether oxygens (including phenoxy) is 1. The molecule has 0 aliphatic carbocycles. The maximum atomic E-state index is 10.7. The Hall–Kier alpha value is -1.70. The second-order valence-corrected chi connectivity index (χ2v) is 5.47. The second-order valence-electron chi connectivity index (χ2n) is 5.04. The van der Waals surface area contributed by atoms with E-state index in [2.05, 4.69) is 16.7 Å². The highest BCUT2D eigenvalue weighted by atomic mass is 35.5. The van der Waals surface area contributed by atoms with Crippen LogP contribution in [0.4, 0.5) is 4.79 Å². The van der Waals surface area contributed by atoms with Gasteiger partial charge in [0.1, 0.15) is 6.10 Å². The summed E-state index contributed by atoms with van der Waals surface area (Å²) in [6.45, 7) is 2.77. The first-order valence-corrected chi connectivity index (χ1v) is 7.44. The number of benzene rings is 1. The Morgan fingerprint density at radius 2 is 2.00 bits per heavy atom. The van der Waals surface area contributed by atoms with E-state index in [0.29, 0.717) is 0 Å². The van der Waals surface area contributed by atoms with Crippen molar-refractivity contribution in [3.63, 3.8) is 0 Å². The molecule has 5 heteroatoms. The number of carbonyl (C=O) groups excluding carboxylic acids is 1. The van der Waals surface area contributed by atoms with Gasteiger partial charge in [0.15, 0.2) is 0 Å². The van der Waals surface area contributed by atoms with Crippen LogP contribution in [-0.4, -0.2) is 36.7 Å². The summed E-state index contributed by atoms with van der Waals surface area (Å²) >= 11 is 5.82. The zero-order valence-corrected chi connectivity index (χ0v) is 12.6. The van der Waals surface area contributed by atoms with E-state index in [0.717, 1.165) is 49.5 Å². The Bertz CT molecular complexity index is 525. The molecule has 1 aromatic carbocycles. The third-order valence-corrected chi connectivity index (χ3v) is 3.70. The molecule has 1 saturated heterocycles. The number of amides is 1. The van der Waals surface area contributed by atoms with Crippen LogP contribution in [-0.2, 0) is 4.74 Å². The van der Waals surface area contributed by atoms with Gasteiger partial charge in [-0.25, -0.2) is 4.79 Å². The standard InChI is InChI=1S/C16H19ClN2O2/c17-14-6-4-13(5-7-14)3-1-2-10-19-11-8-15(9-12-19)21-16(18)20/h4-7,15H,2,8-12H2,(H2,18,20). The minimum absolute atomic E-state index is 0.0288. The van der Waals surface area contributed by atoms with Gasteiger partial charge in [-0.1, -0.05) is 23.4 Å². The third-order valence-electron chi connectivity index (χ3n) is 3.45. The summed E-state index contributed by atoms with van der Waals surface area (Å²) in [4.78, 5) is 13.0. The molecule has 1 fully saturated rings. The lowest BCUT2D eigenvalue weighted by Crippen LogP contribution is -2.38. The van der Waals surface area contributed by atoms with Gasteiger partial charge in [0, 0.05) is 36.6 Å².